The van der Waals surface area contributed by atoms with Crippen LogP contribution in [0.3, 0.4) is 0 Å². The number of carbonyl (C=O) groups is 1. The number of carbonyl (C=O) groups excluding carboxylic acids is 1. The van der Waals surface area contributed by atoms with Crippen LogP contribution in [0, 0.1) is 0 Å². The Balaban J connectivity index is 0.00000400. The third-order valence-corrected chi connectivity index (χ3v) is 4.17. The van der Waals surface area contributed by atoms with E-state index in [-0.39, 0.29) is 24.3 Å². The molecule has 0 saturated carbocycles. The first-order valence-electron chi connectivity index (χ1n) is 6.19. The number of hydrogen-bond acceptors (Lipinski definition) is 6. The summed E-state index contributed by atoms with van der Waals surface area (Å²) >= 11 is 1.71. The molecule has 5 N–H and O–H groups in total. The van der Waals surface area contributed by atoms with Gasteiger partial charge in [0.05, 0.1) is 18.2 Å². The number of aliphatic imine (C=N–C) groups is 1. The lowest BCUT2D eigenvalue weighted by molar-refractivity contribution is -0.131. The lowest BCUT2D eigenvalue weighted by Gasteiger charge is -2.19. The largest absolute Gasteiger partial charge is 0.369 e. The van der Waals surface area contributed by atoms with Crippen LogP contribution in [0.25, 0.3) is 0 Å². The Kier molecular flexibility index (Phi) is 9.02. The number of sulfonamides is 1. The normalized spacial score (nSPS) is 17.2. The maximum atomic E-state index is 11.9. The third kappa shape index (κ3) is 8.34. The molecule has 1 saturated heterocycles. The van der Waals surface area contributed by atoms with Crippen LogP contribution >= 0.6 is 24.2 Å². The molecule has 8 nitrogen and oxygen atoms in total. The number of halogens is 1. The van der Waals surface area contributed by atoms with Gasteiger partial charge in [-0.05, 0) is 12.8 Å². The van der Waals surface area contributed by atoms with Crippen LogP contribution in [-0.4, -0.2) is 62.2 Å². The Hall–Kier alpha value is -0.710. The lowest BCUT2D eigenvalue weighted by Crippen LogP contribution is -2.42. The smallest absolute Gasteiger partial charge is 0.240 e. The standard InChI is InChI=1S/C10H21N5O3S2.ClH/c1-20(17,18)14-10(12)13-4-2-3-8(11)9(16)15-5-6-19-7-15;/h8H,2-7,11H2,1H3,(H3,12,13,14);1H/t8-;/m0./s1. The molecule has 11 heteroatoms. The lowest BCUT2D eigenvalue weighted by atomic mass is 10.1. The maximum absolute atomic E-state index is 11.9. The van der Waals surface area contributed by atoms with Crippen molar-refractivity contribution in [3.63, 3.8) is 0 Å². The van der Waals surface area contributed by atoms with E-state index in [4.69, 9.17) is 11.5 Å². The molecule has 0 aromatic heterocycles. The molecule has 124 valence electrons. The minimum atomic E-state index is -3.39. The Morgan fingerprint density at radius 2 is 2.19 bits per heavy atom. The number of guanidine groups is 1. The average Bonchev–Trinajstić information content (AvgIpc) is 2.84. The average molecular weight is 360 g/mol. The monoisotopic (exact) mass is 359 g/mol. The second kappa shape index (κ2) is 9.34. The van der Waals surface area contributed by atoms with Crippen LogP contribution in [0.1, 0.15) is 12.8 Å². The first-order chi connectivity index (χ1) is 9.29. The van der Waals surface area contributed by atoms with Gasteiger partial charge in [0.25, 0.3) is 0 Å². The summed E-state index contributed by atoms with van der Waals surface area (Å²) < 4.78 is 23.8. The van der Waals surface area contributed by atoms with Crippen molar-refractivity contribution in [2.45, 2.75) is 18.9 Å². The van der Waals surface area contributed by atoms with Gasteiger partial charge in [-0.3, -0.25) is 14.5 Å². The van der Waals surface area contributed by atoms with Gasteiger partial charge in [0.1, 0.15) is 0 Å². The van der Waals surface area contributed by atoms with Crippen molar-refractivity contribution < 1.29 is 13.2 Å². The van der Waals surface area contributed by atoms with Gasteiger partial charge in [-0.25, -0.2) is 8.42 Å². The molecule has 21 heavy (non-hydrogen) atoms. The van der Waals surface area contributed by atoms with Gasteiger partial charge in [-0.15, -0.1) is 24.2 Å². The van der Waals surface area contributed by atoms with Crippen LogP contribution in [0.5, 0.6) is 0 Å². The second-order valence-electron chi connectivity index (χ2n) is 4.53. The van der Waals surface area contributed by atoms with E-state index in [0.717, 1.165) is 18.6 Å². The summed E-state index contributed by atoms with van der Waals surface area (Å²) in [4.78, 5) is 17.5. The van der Waals surface area contributed by atoms with E-state index >= 15 is 0 Å². The molecule has 1 aliphatic heterocycles. The summed E-state index contributed by atoms with van der Waals surface area (Å²) in [7, 11) is -3.39. The first kappa shape index (κ1) is 20.3. The number of rotatable bonds is 6. The summed E-state index contributed by atoms with van der Waals surface area (Å²) in [5.41, 5.74) is 11.2. The first-order valence-corrected chi connectivity index (χ1v) is 9.24. The van der Waals surface area contributed by atoms with E-state index < -0.39 is 16.1 Å². The van der Waals surface area contributed by atoms with Gasteiger partial charge in [-0.2, -0.15) is 0 Å². The number of amides is 1. The fourth-order valence-electron chi connectivity index (χ4n) is 1.68. The number of nitrogens with two attached hydrogens (primary N) is 2. The molecule has 0 bridgehead atoms. The zero-order chi connectivity index (χ0) is 15.2. The molecule has 0 spiro atoms. The van der Waals surface area contributed by atoms with E-state index in [2.05, 4.69) is 9.71 Å². The molecule has 0 aromatic carbocycles. The van der Waals surface area contributed by atoms with Crippen LogP contribution in [0.4, 0.5) is 0 Å². The Bertz CT molecular complexity index is 465. The van der Waals surface area contributed by atoms with Gasteiger partial charge in [0.2, 0.25) is 21.9 Å². The molecule has 0 radical (unpaired) electrons. The van der Waals surface area contributed by atoms with Crippen molar-refractivity contribution in [1.29, 1.82) is 0 Å². The van der Waals surface area contributed by atoms with E-state index in [9.17, 15) is 13.2 Å². The van der Waals surface area contributed by atoms with Crippen LogP contribution < -0.4 is 16.2 Å². The van der Waals surface area contributed by atoms with Crippen molar-refractivity contribution in [2.75, 3.05) is 31.0 Å². The molecule has 0 unspecified atom stereocenters. The van der Waals surface area contributed by atoms with Gasteiger partial charge in [0.15, 0.2) is 0 Å². The summed E-state index contributed by atoms with van der Waals surface area (Å²) in [6, 6.07) is -0.534. The van der Waals surface area contributed by atoms with Crippen molar-refractivity contribution in [3.8, 4) is 0 Å². The molecule has 1 atom stereocenters. The quantitative estimate of drug-likeness (QED) is 0.314. The van der Waals surface area contributed by atoms with Gasteiger partial charge >= 0.3 is 0 Å². The second-order valence-corrected chi connectivity index (χ2v) is 7.35. The highest BCUT2D eigenvalue weighted by molar-refractivity contribution is 7.99. The number of nitrogens with one attached hydrogen (secondary N) is 1. The number of thioether (sulfide) groups is 1. The van der Waals surface area contributed by atoms with Crippen molar-refractivity contribution in [3.05, 3.63) is 0 Å². The van der Waals surface area contributed by atoms with Gasteiger partial charge in [0, 0.05) is 18.8 Å². The van der Waals surface area contributed by atoms with Crippen LogP contribution in [-0.2, 0) is 14.8 Å². The molecular formula is C10H22ClN5O3S2. The van der Waals surface area contributed by atoms with Crippen LogP contribution in [0.15, 0.2) is 4.99 Å². The SMILES string of the molecule is CS(=O)(=O)NC(N)=NCCC[C@H](N)C(=O)N1CCSC1.Cl. The third-order valence-electron chi connectivity index (χ3n) is 2.63. The van der Waals surface area contributed by atoms with Crippen molar-refractivity contribution in [1.82, 2.24) is 9.62 Å². The molecular weight excluding hydrogens is 338 g/mol. The van der Waals surface area contributed by atoms with Crippen molar-refractivity contribution >= 4 is 46.1 Å². The summed E-state index contributed by atoms with van der Waals surface area (Å²) in [5.74, 6) is 1.47. The maximum Gasteiger partial charge on any atom is 0.240 e. The summed E-state index contributed by atoms with van der Waals surface area (Å²) in [6.07, 6.45) is 2.06. The Morgan fingerprint density at radius 3 is 2.71 bits per heavy atom. The molecule has 0 aromatic rings. The van der Waals surface area contributed by atoms with E-state index in [1.54, 1.807) is 16.7 Å². The summed E-state index contributed by atoms with van der Waals surface area (Å²) in [5, 5.41) is 0. The predicted octanol–water partition coefficient (Wildman–Crippen LogP) is -1.09. The van der Waals surface area contributed by atoms with Gasteiger partial charge in [-0.1, -0.05) is 0 Å². The minimum Gasteiger partial charge on any atom is -0.369 e. The highest BCUT2D eigenvalue weighted by Gasteiger charge is 2.23. The molecule has 1 fully saturated rings. The zero-order valence-corrected chi connectivity index (χ0v) is 14.3. The van der Waals surface area contributed by atoms with E-state index in [0.29, 0.717) is 25.3 Å². The van der Waals surface area contributed by atoms with Gasteiger partial charge < -0.3 is 16.4 Å². The van der Waals surface area contributed by atoms with Crippen LogP contribution in [0.2, 0.25) is 0 Å². The highest BCUT2D eigenvalue weighted by atomic mass is 35.5. The Labute approximate surface area is 135 Å². The topological polar surface area (TPSA) is 131 Å². The highest BCUT2D eigenvalue weighted by Crippen LogP contribution is 2.14. The fraction of sp³-hybridized carbons (Fsp3) is 0.800. The fourth-order valence-corrected chi connectivity index (χ4v) is 3.08. The molecule has 1 aliphatic rings. The Morgan fingerprint density at radius 1 is 1.52 bits per heavy atom. The van der Waals surface area contributed by atoms with Crippen molar-refractivity contribution in [2.24, 2.45) is 16.5 Å². The molecule has 1 rings (SSSR count). The zero-order valence-electron chi connectivity index (χ0n) is 11.8. The number of hydrogen-bond donors (Lipinski definition) is 3. The predicted molar refractivity (Wildman–Crippen MR) is 88.0 cm³/mol. The van der Waals surface area contributed by atoms with E-state index in [1.807, 2.05) is 0 Å². The summed E-state index contributed by atoms with van der Waals surface area (Å²) in [6.45, 7) is 1.07. The van der Waals surface area contributed by atoms with E-state index in [1.165, 1.54) is 0 Å². The minimum absolute atomic E-state index is 0. The molecule has 1 heterocycles. The number of nitrogens with zero attached hydrogens (tertiary/aromatic N) is 2. The molecule has 0 aliphatic carbocycles. The molecule has 1 amide bonds.